The SMILES string of the molecule is COc1ccc(CCN(C(=O)c2ccc(Cl)c([N+](=O)[O-])c2)C2CC(=O)N(c3ccc(F)cc3)C2=O)cc1OC. The molecule has 0 aliphatic carbocycles. The van der Waals surface area contributed by atoms with Gasteiger partial charge in [0.05, 0.1) is 31.3 Å². The summed E-state index contributed by atoms with van der Waals surface area (Å²) in [5.74, 6) is -1.49. The molecule has 1 fully saturated rings. The molecule has 1 aliphatic rings. The van der Waals surface area contributed by atoms with Crippen LogP contribution in [0.2, 0.25) is 5.02 Å². The maximum atomic E-state index is 13.7. The van der Waals surface area contributed by atoms with Gasteiger partial charge in [-0.2, -0.15) is 0 Å². The van der Waals surface area contributed by atoms with Gasteiger partial charge < -0.3 is 14.4 Å². The Balaban J connectivity index is 1.68. The molecule has 4 rings (SSSR count). The van der Waals surface area contributed by atoms with Crippen molar-refractivity contribution < 1.29 is 33.2 Å². The van der Waals surface area contributed by atoms with Crippen molar-refractivity contribution in [3.63, 3.8) is 0 Å². The van der Waals surface area contributed by atoms with Gasteiger partial charge in [-0.15, -0.1) is 0 Å². The minimum absolute atomic E-state index is 0.00825. The van der Waals surface area contributed by atoms with E-state index in [1.165, 1.54) is 43.4 Å². The van der Waals surface area contributed by atoms with Gasteiger partial charge in [0.1, 0.15) is 16.9 Å². The molecule has 0 spiro atoms. The Bertz CT molecular complexity index is 1450. The van der Waals surface area contributed by atoms with Crippen LogP contribution in [-0.2, 0) is 16.0 Å². The maximum absolute atomic E-state index is 13.7. The first kappa shape index (κ1) is 27.5. The minimum Gasteiger partial charge on any atom is -0.493 e. The third-order valence-electron chi connectivity index (χ3n) is 6.32. The highest BCUT2D eigenvalue weighted by Gasteiger charge is 2.44. The van der Waals surface area contributed by atoms with Crippen molar-refractivity contribution in [1.82, 2.24) is 4.90 Å². The molecular weight excluding hydrogens is 533 g/mol. The summed E-state index contributed by atoms with van der Waals surface area (Å²) in [7, 11) is 2.98. The molecule has 3 amide bonds. The van der Waals surface area contributed by atoms with Gasteiger partial charge in [-0.1, -0.05) is 17.7 Å². The Kier molecular flexibility index (Phi) is 8.10. The molecule has 0 saturated carbocycles. The Hall–Kier alpha value is -4.51. The van der Waals surface area contributed by atoms with E-state index in [1.54, 1.807) is 18.2 Å². The van der Waals surface area contributed by atoms with Gasteiger partial charge in [0, 0.05) is 18.2 Å². The van der Waals surface area contributed by atoms with Gasteiger partial charge in [-0.3, -0.25) is 24.5 Å². The Morgan fingerprint density at radius 1 is 1.08 bits per heavy atom. The van der Waals surface area contributed by atoms with Crippen molar-refractivity contribution in [3.8, 4) is 11.5 Å². The number of hydrogen-bond acceptors (Lipinski definition) is 7. The second kappa shape index (κ2) is 11.5. The summed E-state index contributed by atoms with van der Waals surface area (Å²) in [6, 6.07) is 12.4. The molecule has 0 N–H and O–H groups in total. The first-order valence-corrected chi connectivity index (χ1v) is 12.1. The lowest BCUT2D eigenvalue weighted by Gasteiger charge is -2.28. The molecule has 10 nitrogen and oxygen atoms in total. The van der Waals surface area contributed by atoms with Gasteiger partial charge in [0.2, 0.25) is 5.91 Å². The van der Waals surface area contributed by atoms with Crippen LogP contribution in [0.1, 0.15) is 22.3 Å². The predicted octanol–water partition coefficient (Wildman–Crippen LogP) is 4.42. The number of anilines is 1. The van der Waals surface area contributed by atoms with E-state index in [4.69, 9.17) is 21.1 Å². The number of hydrogen-bond donors (Lipinski definition) is 0. The molecule has 1 atom stereocenters. The highest BCUT2D eigenvalue weighted by Crippen LogP contribution is 2.31. The lowest BCUT2D eigenvalue weighted by Crippen LogP contribution is -2.46. The van der Waals surface area contributed by atoms with Crippen molar-refractivity contribution in [2.75, 3.05) is 25.7 Å². The zero-order chi connectivity index (χ0) is 28.3. The third-order valence-corrected chi connectivity index (χ3v) is 6.64. The molecule has 0 radical (unpaired) electrons. The Labute approximate surface area is 227 Å². The van der Waals surface area contributed by atoms with E-state index >= 15 is 0 Å². The molecule has 39 heavy (non-hydrogen) atoms. The van der Waals surface area contributed by atoms with E-state index in [2.05, 4.69) is 0 Å². The molecule has 1 heterocycles. The zero-order valence-corrected chi connectivity index (χ0v) is 21.7. The molecule has 1 unspecified atom stereocenters. The van der Waals surface area contributed by atoms with Crippen LogP contribution in [0.5, 0.6) is 11.5 Å². The smallest absolute Gasteiger partial charge is 0.288 e. The van der Waals surface area contributed by atoms with Crippen LogP contribution in [0, 0.1) is 15.9 Å². The quantitative estimate of drug-likeness (QED) is 0.218. The average Bonchev–Trinajstić information content (AvgIpc) is 3.22. The summed E-state index contributed by atoms with van der Waals surface area (Å²) in [6.07, 6.45) is -0.0557. The van der Waals surface area contributed by atoms with Crippen molar-refractivity contribution in [3.05, 3.63) is 92.7 Å². The normalized spacial score (nSPS) is 14.9. The van der Waals surface area contributed by atoms with Crippen LogP contribution in [0.4, 0.5) is 15.8 Å². The summed E-state index contributed by atoms with van der Waals surface area (Å²) < 4.78 is 24.0. The number of carbonyl (C=O) groups is 3. The topological polar surface area (TPSA) is 119 Å². The summed E-state index contributed by atoms with van der Waals surface area (Å²) in [6.45, 7) is -0.00825. The van der Waals surface area contributed by atoms with Gasteiger partial charge >= 0.3 is 0 Å². The molecule has 202 valence electrons. The highest BCUT2D eigenvalue weighted by atomic mass is 35.5. The van der Waals surface area contributed by atoms with E-state index < -0.39 is 40.2 Å². The summed E-state index contributed by atoms with van der Waals surface area (Å²) in [5.41, 5.74) is 0.381. The van der Waals surface area contributed by atoms with Crippen molar-refractivity contribution in [2.24, 2.45) is 0 Å². The maximum Gasteiger partial charge on any atom is 0.288 e. The number of amides is 3. The van der Waals surface area contributed by atoms with Crippen LogP contribution in [-0.4, -0.2) is 54.4 Å². The summed E-state index contributed by atoms with van der Waals surface area (Å²) in [4.78, 5) is 52.9. The van der Waals surface area contributed by atoms with E-state index in [0.29, 0.717) is 11.5 Å². The molecule has 0 aromatic heterocycles. The highest BCUT2D eigenvalue weighted by molar-refractivity contribution is 6.32. The van der Waals surface area contributed by atoms with Crippen LogP contribution in [0.3, 0.4) is 0 Å². The molecule has 3 aromatic carbocycles. The molecule has 1 aliphatic heterocycles. The second-order valence-electron chi connectivity index (χ2n) is 8.62. The van der Waals surface area contributed by atoms with Gasteiger partial charge in [-0.25, -0.2) is 9.29 Å². The minimum atomic E-state index is -1.19. The van der Waals surface area contributed by atoms with Gasteiger partial charge in [0.15, 0.2) is 11.5 Å². The summed E-state index contributed by atoms with van der Waals surface area (Å²) >= 11 is 5.92. The van der Waals surface area contributed by atoms with E-state index in [9.17, 15) is 28.9 Å². The van der Waals surface area contributed by atoms with Crippen molar-refractivity contribution >= 4 is 40.7 Å². The molecule has 0 bridgehead atoms. The van der Waals surface area contributed by atoms with Crippen molar-refractivity contribution in [2.45, 2.75) is 18.9 Å². The van der Waals surface area contributed by atoms with Crippen LogP contribution < -0.4 is 14.4 Å². The van der Waals surface area contributed by atoms with E-state index in [-0.39, 0.29) is 35.7 Å². The van der Waals surface area contributed by atoms with E-state index in [1.807, 2.05) is 0 Å². The lowest BCUT2D eigenvalue weighted by molar-refractivity contribution is -0.384. The number of imide groups is 1. The molecule has 3 aromatic rings. The number of nitrogens with zero attached hydrogens (tertiary/aromatic N) is 3. The molecular formula is C27H23ClFN3O7. The molecule has 1 saturated heterocycles. The van der Waals surface area contributed by atoms with Crippen molar-refractivity contribution in [1.29, 1.82) is 0 Å². The van der Waals surface area contributed by atoms with Gasteiger partial charge in [-0.05, 0) is 60.5 Å². The fourth-order valence-corrected chi connectivity index (χ4v) is 4.54. The number of nitro groups is 1. The van der Waals surface area contributed by atoms with Crippen LogP contribution in [0.25, 0.3) is 0 Å². The first-order valence-electron chi connectivity index (χ1n) is 11.7. The third kappa shape index (κ3) is 5.68. The average molecular weight is 556 g/mol. The number of nitro benzene ring substituents is 1. The fourth-order valence-electron chi connectivity index (χ4n) is 4.36. The number of methoxy groups -OCH3 is 2. The Morgan fingerprint density at radius 3 is 2.41 bits per heavy atom. The first-order chi connectivity index (χ1) is 18.6. The number of ether oxygens (including phenoxy) is 2. The number of halogens is 2. The number of rotatable bonds is 9. The standard InChI is InChI=1S/C27H23ClFN3O7/c1-38-23-10-3-16(13-24(23)39-2)11-12-30(26(34)17-4-9-20(28)21(14-17)32(36)37)22-15-25(33)31(27(22)35)19-7-5-18(29)6-8-19/h3-10,13-14,22H,11-12,15H2,1-2H3. The van der Waals surface area contributed by atoms with Crippen LogP contribution in [0.15, 0.2) is 60.7 Å². The lowest BCUT2D eigenvalue weighted by atomic mass is 10.1. The largest absolute Gasteiger partial charge is 0.493 e. The second-order valence-corrected chi connectivity index (χ2v) is 9.03. The number of carbonyl (C=O) groups excluding carboxylic acids is 3. The van der Waals surface area contributed by atoms with Gasteiger partial charge in [0.25, 0.3) is 17.5 Å². The number of benzene rings is 3. The Morgan fingerprint density at radius 2 is 1.77 bits per heavy atom. The predicted molar refractivity (Wildman–Crippen MR) is 140 cm³/mol. The monoisotopic (exact) mass is 555 g/mol. The molecule has 12 heteroatoms. The fraction of sp³-hybridized carbons (Fsp3) is 0.222. The zero-order valence-electron chi connectivity index (χ0n) is 20.9. The van der Waals surface area contributed by atoms with Crippen LogP contribution >= 0.6 is 11.6 Å². The van der Waals surface area contributed by atoms with E-state index in [0.717, 1.165) is 28.7 Å². The summed E-state index contributed by atoms with van der Waals surface area (Å²) in [5, 5.41) is 11.3.